The molecule has 2 aliphatic rings. The Labute approximate surface area is 166 Å². The Morgan fingerprint density at radius 2 is 1.61 bits per heavy atom. The summed E-state index contributed by atoms with van der Waals surface area (Å²) in [4.78, 5) is 30.6. The number of nitrogens with one attached hydrogen (secondary N) is 1. The second-order valence-corrected chi connectivity index (χ2v) is 7.58. The number of carbonyl (C=O) groups excluding carboxylic acids is 2. The molecule has 0 bridgehead atoms. The molecule has 3 rings (SSSR count). The zero-order valence-electron chi connectivity index (χ0n) is 16.4. The minimum atomic E-state index is -0.0758. The molecule has 0 saturated carbocycles. The quantitative estimate of drug-likeness (QED) is 0.786. The molecule has 28 heavy (non-hydrogen) atoms. The van der Waals surface area contributed by atoms with Crippen molar-refractivity contribution in [2.75, 3.05) is 52.4 Å². The van der Waals surface area contributed by atoms with E-state index in [1.54, 1.807) is 0 Å². The van der Waals surface area contributed by atoms with E-state index in [9.17, 15) is 9.59 Å². The Balaban J connectivity index is 1.38. The highest BCUT2D eigenvalue weighted by molar-refractivity contribution is 5.85. The van der Waals surface area contributed by atoms with Crippen LogP contribution in [0.15, 0.2) is 24.3 Å². The number of hydrogen-bond acceptors (Lipinski definition) is 5. The summed E-state index contributed by atoms with van der Waals surface area (Å²) in [5, 5.41) is 11.7. The smallest absolute Gasteiger partial charge is 0.241 e. The van der Waals surface area contributed by atoms with E-state index in [2.05, 4.69) is 21.2 Å². The monoisotopic (exact) mass is 383 g/mol. The Morgan fingerprint density at radius 1 is 0.929 bits per heavy atom. The lowest BCUT2D eigenvalue weighted by Crippen LogP contribution is -2.43. The van der Waals surface area contributed by atoms with Gasteiger partial charge in [-0.25, -0.2) is 0 Å². The molecule has 2 heterocycles. The van der Waals surface area contributed by atoms with Crippen LogP contribution in [-0.2, 0) is 16.1 Å². The molecule has 2 amide bonds. The molecule has 2 fully saturated rings. The summed E-state index contributed by atoms with van der Waals surface area (Å²) in [7, 11) is 0. The molecule has 0 aromatic heterocycles. The first-order valence-electron chi connectivity index (χ1n) is 10.1. The summed E-state index contributed by atoms with van der Waals surface area (Å²) in [5.41, 5.74) is 1.88. The van der Waals surface area contributed by atoms with E-state index in [0.29, 0.717) is 12.1 Å². The predicted molar refractivity (Wildman–Crippen MR) is 106 cm³/mol. The largest absolute Gasteiger partial charge is 0.346 e. The van der Waals surface area contributed by atoms with Crippen molar-refractivity contribution in [1.82, 2.24) is 20.0 Å². The first-order valence-corrected chi connectivity index (χ1v) is 10.1. The molecule has 1 aromatic rings. The van der Waals surface area contributed by atoms with Gasteiger partial charge in [0.05, 0.1) is 24.7 Å². The minimum absolute atomic E-state index is 0.0234. The molecular weight excluding hydrogens is 354 g/mol. The van der Waals surface area contributed by atoms with Crippen LogP contribution >= 0.6 is 0 Å². The summed E-state index contributed by atoms with van der Waals surface area (Å²) < 4.78 is 0. The molecule has 150 valence electrons. The molecular formula is C21H29N5O2. The molecule has 2 aliphatic heterocycles. The Bertz CT molecular complexity index is 707. The number of amides is 2. The average Bonchev–Trinajstić information content (AvgIpc) is 3.17. The number of rotatable bonds is 6. The molecule has 0 atom stereocenters. The van der Waals surface area contributed by atoms with Crippen molar-refractivity contribution in [3.63, 3.8) is 0 Å². The number of likely N-dealkylation sites (tertiary alicyclic amines) is 1. The van der Waals surface area contributed by atoms with E-state index in [0.717, 1.165) is 65.1 Å². The van der Waals surface area contributed by atoms with E-state index < -0.39 is 0 Å². The van der Waals surface area contributed by atoms with Gasteiger partial charge in [0.2, 0.25) is 11.8 Å². The lowest BCUT2D eigenvalue weighted by Gasteiger charge is -2.22. The van der Waals surface area contributed by atoms with E-state index in [1.165, 1.54) is 5.56 Å². The van der Waals surface area contributed by atoms with Gasteiger partial charge in [-0.1, -0.05) is 12.1 Å². The number of carbonyl (C=O) groups is 2. The summed E-state index contributed by atoms with van der Waals surface area (Å²) in [6.45, 7) is 6.56. The van der Waals surface area contributed by atoms with Crippen molar-refractivity contribution in [1.29, 1.82) is 5.26 Å². The molecule has 7 nitrogen and oxygen atoms in total. The second kappa shape index (κ2) is 10.2. The minimum Gasteiger partial charge on any atom is -0.346 e. The standard InChI is InChI=1S/C21H29N5O2/c22-14-18-4-6-19(7-5-18)16-24-8-3-9-25(13-12-24)17-20(27)23-15-21(28)26-10-1-2-11-26/h4-7H,1-3,8-13,15-17H2,(H,23,27). The predicted octanol–water partition coefficient (Wildman–Crippen LogP) is 0.805. The molecule has 1 aromatic carbocycles. The van der Waals surface area contributed by atoms with Gasteiger partial charge in [-0.3, -0.25) is 19.4 Å². The average molecular weight is 383 g/mol. The van der Waals surface area contributed by atoms with E-state index in [4.69, 9.17) is 5.26 Å². The molecule has 0 aliphatic carbocycles. The maximum Gasteiger partial charge on any atom is 0.241 e. The van der Waals surface area contributed by atoms with Crippen LogP contribution in [0.3, 0.4) is 0 Å². The first kappa shape index (κ1) is 20.3. The molecule has 0 unspecified atom stereocenters. The van der Waals surface area contributed by atoms with Crippen molar-refractivity contribution in [2.45, 2.75) is 25.8 Å². The zero-order valence-corrected chi connectivity index (χ0v) is 16.4. The fourth-order valence-corrected chi connectivity index (χ4v) is 3.80. The van der Waals surface area contributed by atoms with Crippen LogP contribution in [0.4, 0.5) is 0 Å². The summed E-state index contributed by atoms with van der Waals surface area (Å²) >= 11 is 0. The maximum absolute atomic E-state index is 12.2. The van der Waals surface area contributed by atoms with Gasteiger partial charge in [0.1, 0.15) is 0 Å². The van der Waals surface area contributed by atoms with Crippen molar-refractivity contribution in [2.24, 2.45) is 0 Å². The van der Waals surface area contributed by atoms with Gasteiger partial charge in [0, 0.05) is 32.7 Å². The van der Waals surface area contributed by atoms with E-state index in [1.807, 2.05) is 29.2 Å². The third-order valence-electron chi connectivity index (χ3n) is 5.43. The van der Waals surface area contributed by atoms with Gasteiger partial charge in [0.25, 0.3) is 0 Å². The van der Waals surface area contributed by atoms with Crippen LogP contribution in [0.5, 0.6) is 0 Å². The number of hydrogen-bond donors (Lipinski definition) is 1. The SMILES string of the molecule is N#Cc1ccc(CN2CCCN(CC(=O)NCC(=O)N3CCCC3)CC2)cc1. The van der Waals surface area contributed by atoms with Gasteiger partial charge >= 0.3 is 0 Å². The van der Waals surface area contributed by atoms with Gasteiger partial charge in [-0.15, -0.1) is 0 Å². The highest BCUT2D eigenvalue weighted by Gasteiger charge is 2.20. The van der Waals surface area contributed by atoms with Gasteiger partial charge < -0.3 is 10.2 Å². The van der Waals surface area contributed by atoms with Crippen molar-refractivity contribution >= 4 is 11.8 Å². The summed E-state index contributed by atoms with van der Waals surface area (Å²) in [6, 6.07) is 9.86. The van der Waals surface area contributed by atoms with Crippen LogP contribution in [0.2, 0.25) is 0 Å². The summed E-state index contributed by atoms with van der Waals surface area (Å²) in [5.74, 6) is -0.0524. The zero-order chi connectivity index (χ0) is 19.8. The van der Waals surface area contributed by atoms with Crippen LogP contribution in [0.1, 0.15) is 30.4 Å². The number of benzene rings is 1. The van der Waals surface area contributed by atoms with Gasteiger partial charge in [0.15, 0.2) is 0 Å². The summed E-state index contributed by atoms with van der Waals surface area (Å²) in [6.07, 6.45) is 3.13. The van der Waals surface area contributed by atoms with E-state index >= 15 is 0 Å². The normalized spacial score (nSPS) is 18.5. The Kier molecular flexibility index (Phi) is 7.40. The first-order chi connectivity index (χ1) is 13.6. The molecule has 1 N–H and O–H groups in total. The Hall–Kier alpha value is -2.43. The third kappa shape index (κ3) is 6.04. The van der Waals surface area contributed by atoms with Gasteiger partial charge in [-0.2, -0.15) is 5.26 Å². The Morgan fingerprint density at radius 3 is 2.32 bits per heavy atom. The van der Waals surface area contributed by atoms with Crippen LogP contribution in [0.25, 0.3) is 0 Å². The third-order valence-corrected chi connectivity index (χ3v) is 5.43. The maximum atomic E-state index is 12.2. The number of nitrogens with zero attached hydrogens (tertiary/aromatic N) is 4. The lowest BCUT2D eigenvalue weighted by molar-refractivity contribution is -0.132. The van der Waals surface area contributed by atoms with Crippen molar-refractivity contribution in [3.8, 4) is 6.07 Å². The van der Waals surface area contributed by atoms with Crippen LogP contribution in [0, 0.1) is 11.3 Å². The fraction of sp³-hybridized carbons (Fsp3) is 0.571. The molecule has 0 radical (unpaired) electrons. The lowest BCUT2D eigenvalue weighted by atomic mass is 10.1. The van der Waals surface area contributed by atoms with E-state index in [-0.39, 0.29) is 18.4 Å². The van der Waals surface area contributed by atoms with Crippen molar-refractivity contribution in [3.05, 3.63) is 35.4 Å². The van der Waals surface area contributed by atoms with Crippen LogP contribution < -0.4 is 5.32 Å². The molecule has 0 spiro atoms. The highest BCUT2D eigenvalue weighted by atomic mass is 16.2. The highest BCUT2D eigenvalue weighted by Crippen LogP contribution is 2.10. The fourth-order valence-electron chi connectivity index (χ4n) is 3.80. The topological polar surface area (TPSA) is 79.7 Å². The van der Waals surface area contributed by atoms with Crippen molar-refractivity contribution < 1.29 is 9.59 Å². The molecule has 2 saturated heterocycles. The molecule has 7 heteroatoms. The van der Waals surface area contributed by atoms with Gasteiger partial charge in [-0.05, 0) is 50.0 Å². The number of nitriles is 1. The second-order valence-electron chi connectivity index (χ2n) is 7.58. The van der Waals surface area contributed by atoms with Crippen LogP contribution in [-0.4, -0.2) is 78.9 Å².